The lowest BCUT2D eigenvalue weighted by Gasteiger charge is -2.34. The maximum Gasteiger partial charge on any atom is 0.308 e. The summed E-state index contributed by atoms with van der Waals surface area (Å²) in [4.78, 5) is 27.0. The van der Waals surface area contributed by atoms with Crippen molar-refractivity contribution in [3.8, 4) is 0 Å². The highest BCUT2D eigenvalue weighted by molar-refractivity contribution is 6.09. The molecule has 1 fully saturated rings. The highest BCUT2D eigenvalue weighted by Crippen LogP contribution is 2.58. The molecule has 1 amide bonds. The van der Waals surface area contributed by atoms with Gasteiger partial charge in [0.25, 0.3) is 5.91 Å². The maximum atomic E-state index is 13.2. The molecule has 2 aliphatic rings. The number of anilines is 1. The van der Waals surface area contributed by atoms with Gasteiger partial charge in [-0.15, -0.1) is 0 Å². The molecule has 4 nitrogen and oxygen atoms in total. The second-order valence-electron chi connectivity index (χ2n) is 6.87. The molecule has 0 aromatic heterocycles. The number of carbonyl (C=O) groups is 2. The predicted molar refractivity (Wildman–Crippen MR) is 95.8 cm³/mol. The topological polar surface area (TPSA) is 46.6 Å². The number of para-hydroxylation sites is 1. The number of amides is 1. The molecule has 1 spiro atoms. The zero-order chi connectivity index (χ0) is 17.7. The summed E-state index contributed by atoms with van der Waals surface area (Å²) in [6, 6.07) is 17.4. The van der Waals surface area contributed by atoms with Gasteiger partial charge in [0.2, 0.25) is 5.60 Å². The fourth-order valence-corrected chi connectivity index (χ4v) is 3.94. The smallest absolute Gasteiger partial charge is 0.308 e. The number of carbonyl (C=O) groups excluding carboxylic acids is 2. The second kappa shape index (κ2) is 5.31. The molecule has 4 rings (SSSR count). The molecule has 126 valence electrons. The van der Waals surface area contributed by atoms with Gasteiger partial charge in [-0.3, -0.25) is 9.59 Å². The Morgan fingerprint density at radius 1 is 1.04 bits per heavy atom. The Morgan fingerprint density at radius 2 is 1.72 bits per heavy atom. The van der Waals surface area contributed by atoms with Crippen LogP contribution < -0.4 is 4.90 Å². The van der Waals surface area contributed by atoms with Crippen molar-refractivity contribution in [2.24, 2.45) is 5.41 Å². The molecule has 2 aromatic rings. The average molecular weight is 333 g/mol. The fourth-order valence-electron chi connectivity index (χ4n) is 3.94. The molecule has 2 atom stereocenters. The van der Waals surface area contributed by atoms with E-state index in [0.29, 0.717) is 0 Å². The minimum atomic E-state index is -1.29. The van der Waals surface area contributed by atoms with Crippen molar-refractivity contribution in [2.45, 2.75) is 18.9 Å². The Labute approximate surface area is 146 Å². The van der Waals surface area contributed by atoms with Crippen LogP contribution in [0.4, 0.5) is 5.69 Å². The monoisotopic (exact) mass is 333 g/mol. The zero-order valence-electron chi connectivity index (χ0n) is 14.2. The summed E-state index contributed by atoms with van der Waals surface area (Å²) in [5.74, 6) is -0.543. The van der Waals surface area contributed by atoms with Crippen LogP contribution in [-0.2, 0) is 19.9 Å². The van der Waals surface area contributed by atoms with Crippen LogP contribution in [0.2, 0.25) is 0 Å². The normalized spacial score (nSPS) is 28.0. The molecule has 0 unspecified atom stereocenters. The predicted octanol–water partition coefficient (Wildman–Crippen LogP) is 3.52. The van der Waals surface area contributed by atoms with Gasteiger partial charge in [-0.25, -0.2) is 0 Å². The molecule has 25 heavy (non-hydrogen) atoms. The van der Waals surface area contributed by atoms with Gasteiger partial charge in [-0.05, 0) is 11.6 Å². The van der Waals surface area contributed by atoms with E-state index in [1.165, 1.54) is 0 Å². The third-order valence-electron chi connectivity index (χ3n) is 5.28. The number of fused-ring (bicyclic) bond motifs is 2. The van der Waals surface area contributed by atoms with Crippen LogP contribution in [0.25, 0.3) is 6.08 Å². The van der Waals surface area contributed by atoms with Crippen molar-refractivity contribution >= 4 is 23.6 Å². The van der Waals surface area contributed by atoms with E-state index in [1.54, 1.807) is 11.9 Å². The lowest BCUT2D eigenvalue weighted by molar-refractivity contribution is -0.161. The van der Waals surface area contributed by atoms with Crippen molar-refractivity contribution < 1.29 is 14.3 Å². The van der Waals surface area contributed by atoms with Crippen LogP contribution in [0.5, 0.6) is 0 Å². The van der Waals surface area contributed by atoms with Crippen LogP contribution >= 0.6 is 0 Å². The summed E-state index contributed by atoms with van der Waals surface area (Å²) < 4.78 is 5.74. The molecular formula is C21H19NO3. The third kappa shape index (κ3) is 2.07. The Balaban J connectivity index is 1.87. The maximum absolute atomic E-state index is 13.2. The summed E-state index contributed by atoms with van der Waals surface area (Å²) in [6.07, 6.45) is 4.07. The van der Waals surface area contributed by atoms with Gasteiger partial charge in [-0.2, -0.15) is 0 Å². The summed E-state index contributed by atoms with van der Waals surface area (Å²) in [5, 5.41) is 0. The Morgan fingerprint density at radius 3 is 2.48 bits per heavy atom. The van der Waals surface area contributed by atoms with E-state index in [1.807, 2.05) is 73.7 Å². The quantitative estimate of drug-likeness (QED) is 0.790. The molecule has 4 heteroatoms. The summed E-state index contributed by atoms with van der Waals surface area (Å²) in [6.45, 7) is 1.92. The van der Waals surface area contributed by atoms with Crippen molar-refractivity contribution in [1.82, 2.24) is 0 Å². The van der Waals surface area contributed by atoms with Crippen molar-refractivity contribution in [3.63, 3.8) is 0 Å². The van der Waals surface area contributed by atoms with Crippen LogP contribution in [0.1, 0.15) is 24.5 Å². The molecule has 0 radical (unpaired) electrons. The van der Waals surface area contributed by atoms with Crippen LogP contribution in [0.3, 0.4) is 0 Å². The lowest BCUT2D eigenvalue weighted by Crippen LogP contribution is -2.47. The van der Waals surface area contributed by atoms with Crippen LogP contribution in [0.15, 0.2) is 60.7 Å². The molecule has 2 heterocycles. The van der Waals surface area contributed by atoms with Gasteiger partial charge < -0.3 is 9.64 Å². The van der Waals surface area contributed by atoms with Gasteiger partial charge in [0.15, 0.2) is 0 Å². The largest absolute Gasteiger partial charge is 0.443 e. The van der Waals surface area contributed by atoms with Gasteiger partial charge in [0, 0.05) is 18.0 Å². The fraction of sp³-hybridized carbons (Fsp3) is 0.238. The van der Waals surface area contributed by atoms with Gasteiger partial charge >= 0.3 is 5.97 Å². The minimum absolute atomic E-state index is 0.171. The van der Waals surface area contributed by atoms with Crippen LogP contribution in [-0.4, -0.2) is 18.9 Å². The number of hydrogen-bond acceptors (Lipinski definition) is 3. The lowest BCUT2D eigenvalue weighted by atomic mass is 9.69. The molecular weight excluding hydrogens is 314 g/mol. The molecule has 0 saturated carbocycles. The van der Waals surface area contributed by atoms with Crippen molar-refractivity contribution in [3.05, 3.63) is 71.8 Å². The number of benzene rings is 2. The molecule has 1 saturated heterocycles. The van der Waals surface area contributed by atoms with E-state index in [-0.39, 0.29) is 18.3 Å². The minimum Gasteiger partial charge on any atom is -0.443 e. The van der Waals surface area contributed by atoms with E-state index in [0.717, 1.165) is 16.8 Å². The highest BCUT2D eigenvalue weighted by atomic mass is 16.6. The molecule has 0 bridgehead atoms. The van der Waals surface area contributed by atoms with Gasteiger partial charge in [-0.1, -0.05) is 67.6 Å². The van der Waals surface area contributed by atoms with E-state index in [9.17, 15) is 9.59 Å². The van der Waals surface area contributed by atoms with Crippen LogP contribution in [0, 0.1) is 5.41 Å². The Kier molecular flexibility index (Phi) is 3.32. The van der Waals surface area contributed by atoms with Crippen molar-refractivity contribution in [2.75, 3.05) is 11.9 Å². The standard InChI is InChI=1S/C21H19NO3/c1-20(13-12-15-8-4-3-5-9-15)14-18(23)25-21(20)16-10-6-7-11-17(16)22(2)19(21)24/h3-13H,14H2,1-2H3/b13-12+/t20-,21-/m1/s1. The highest BCUT2D eigenvalue weighted by Gasteiger charge is 2.67. The molecule has 2 aromatic carbocycles. The number of esters is 1. The van der Waals surface area contributed by atoms with E-state index in [2.05, 4.69) is 0 Å². The second-order valence-corrected chi connectivity index (χ2v) is 6.87. The number of rotatable bonds is 2. The first-order valence-electron chi connectivity index (χ1n) is 8.32. The Hall–Kier alpha value is -2.88. The number of hydrogen-bond donors (Lipinski definition) is 0. The first kappa shape index (κ1) is 15.6. The average Bonchev–Trinajstić information content (AvgIpc) is 3.02. The van der Waals surface area contributed by atoms with Gasteiger partial charge in [0.1, 0.15) is 0 Å². The third-order valence-corrected chi connectivity index (χ3v) is 5.28. The number of ether oxygens (including phenoxy) is 1. The first-order chi connectivity index (χ1) is 12.0. The molecule has 0 N–H and O–H groups in total. The Bertz CT molecular complexity index is 889. The number of likely N-dealkylation sites (N-methyl/N-ethyl adjacent to an activating group) is 1. The van der Waals surface area contributed by atoms with Crippen molar-refractivity contribution in [1.29, 1.82) is 0 Å². The first-order valence-corrected chi connectivity index (χ1v) is 8.32. The van der Waals surface area contributed by atoms with E-state index < -0.39 is 11.0 Å². The summed E-state index contributed by atoms with van der Waals surface area (Å²) in [7, 11) is 1.73. The summed E-state index contributed by atoms with van der Waals surface area (Å²) in [5.41, 5.74) is 0.527. The van der Waals surface area contributed by atoms with Gasteiger partial charge in [0.05, 0.1) is 12.1 Å². The van der Waals surface area contributed by atoms with E-state index in [4.69, 9.17) is 4.74 Å². The molecule has 0 aliphatic carbocycles. The number of nitrogens with zero attached hydrogens (tertiary/aromatic N) is 1. The van der Waals surface area contributed by atoms with E-state index >= 15 is 0 Å². The summed E-state index contributed by atoms with van der Waals surface area (Å²) >= 11 is 0. The SMILES string of the molecule is CN1C(=O)[C@]2(OC(=O)C[C@@]2(C)/C=C/c2ccccc2)c2ccccc21. The molecule has 2 aliphatic heterocycles. The zero-order valence-corrected chi connectivity index (χ0v) is 14.2.